The van der Waals surface area contributed by atoms with Crippen molar-refractivity contribution >= 4 is 27.3 Å². The maximum absolute atomic E-state index is 5.59. The first-order valence-electron chi connectivity index (χ1n) is 5.90. The standard InChI is InChI=1S/C12H18BrNOS/c13-10-7-12(16-9-10)8-14-5-1-3-11-4-2-6-15-11/h7,9,11,14H,1-6,8H2. The number of hydrogen-bond donors (Lipinski definition) is 1. The topological polar surface area (TPSA) is 21.3 Å². The summed E-state index contributed by atoms with van der Waals surface area (Å²) in [6.45, 7) is 3.05. The van der Waals surface area contributed by atoms with Crippen molar-refractivity contribution in [2.24, 2.45) is 0 Å². The van der Waals surface area contributed by atoms with Crippen LogP contribution in [0.15, 0.2) is 15.9 Å². The van der Waals surface area contributed by atoms with Crippen molar-refractivity contribution in [2.45, 2.75) is 38.3 Å². The molecule has 0 spiro atoms. The normalized spacial score (nSPS) is 20.4. The lowest BCUT2D eigenvalue weighted by Crippen LogP contribution is -2.16. The van der Waals surface area contributed by atoms with Crippen LogP contribution in [0.1, 0.15) is 30.6 Å². The van der Waals surface area contributed by atoms with Gasteiger partial charge in [0, 0.05) is 27.9 Å². The minimum absolute atomic E-state index is 0.540. The molecule has 1 saturated heterocycles. The van der Waals surface area contributed by atoms with Gasteiger partial charge in [-0.05, 0) is 54.2 Å². The fraction of sp³-hybridized carbons (Fsp3) is 0.667. The number of halogens is 1. The van der Waals surface area contributed by atoms with Crippen LogP contribution in [-0.2, 0) is 11.3 Å². The third kappa shape index (κ3) is 4.17. The van der Waals surface area contributed by atoms with Gasteiger partial charge in [-0.25, -0.2) is 0 Å². The number of thiophene rings is 1. The van der Waals surface area contributed by atoms with Crippen LogP contribution in [0.25, 0.3) is 0 Å². The van der Waals surface area contributed by atoms with Crippen molar-refractivity contribution < 1.29 is 4.74 Å². The van der Waals surface area contributed by atoms with Gasteiger partial charge < -0.3 is 10.1 Å². The lowest BCUT2D eigenvalue weighted by Gasteiger charge is -2.08. The van der Waals surface area contributed by atoms with E-state index in [2.05, 4.69) is 32.7 Å². The average molecular weight is 304 g/mol. The van der Waals surface area contributed by atoms with Gasteiger partial charge in [-0.1, -0.05) is 0 Å². The van der Waals surface area contributed by atoms with Crippen molar-refractivity contribution in [3.63, 3.8) is 0 Å². The second kappa shape index (κ2) is 6.74. The highest BCUT2D eigenvalue weighted by Gasteiger charge is 2.14. The van der Waals surface area contributed by atoms with Gasteiger partial charge in [-0.3, -0.25) is 0 Å². The fourth-order valence-corrected chi connectivity index (χ4v) is 3.41. The van der Waals surface area contributed by atoms with E-state index in [1.165, 1.54) is 35.0 Å². The van der Waals surface area contributed by atoms with E-state index in [1.54, 1.807) is 11.3 Å². The van der Waals surface area contributed by atoms with Crippen molar-refractivity contribution in [3.8, 4) is 0 Å². The molecule has 1 fully saturated rings. The van der Waals surface area contributed by atoms with Gasteiger partial charge >= 0.3 is 0 Å². The zero-order valence-corrected chi connectivity index (χ0v) is 11.8. The molecule has 0 amide bonds. The molecule has 4 heteroatoms. The molecule has 1 atom stereocenters. The van der Waals surface area contributed by atoms with Crippen LogP contribution < -0.4 is 5.32 Å². The van der Waals surface area contributed by atoms with Crippen LogP contribution in [-0.4, -0.2) is 19.3 Å². The van der Waals surface area contributed by atoms with E-state index in [0.717, 1.165) is 19.7 Å². The first-order chi connectivity index (χ1) is 7.84. The summed E-state index contributed by atoms with van der Waals surface area (Å²) in [5, 5.41) is 5.60. The molecule has 16 heavy (non-hydrogen) atoms. The maximum Gasteiger partial charge on any atom is 0.0576 e. The molecule has 0 bridgehead atoms. The van der Waals surface area contributed by atoms with Gasteiger partial charge in [-0.15, -0.1) is 11.3 Å². The van der Waals surface area contributed by atoms with Crippen LogP contribution in [0.5, 0.6) is 0 Å². The summed E-state index contributed by atoms with van der Waals surface area (Å²) in [7, 11) is 0. The molecule has 1 aliphatic rings. The summed E-state index contributed by atoms with van der Waals surface area (Å²) in [5.41, 5.74) is 0. The van der Waals surface area contributed by atoms with Gasteiger partial charge in [0.1, 0.15) is 0 Å². The van der Waals surface area contributed by atoms with Crippen LogP contribution in [0.4, 0.5) is 0 Å². The number of hydrogen-bond acceptors (Lipinski definition) is 3. The van der Waals surface area contributed by atoms with Crippen LogP contribution in [0, 0.1) is 0 Å². The Morgan fingerprint density at radius 1 is 1.56 bits per heavy atom. The predicted molar refractivity (Wildman–Crippen MR) is 71.9 cm³/mol. The third-order valence-corrected chi connectivity index (χ3v) is 4.52. The molecule has 2 heterocycles. The summed E-state index contributed by atoms with van der Waals surface area (Å²) in [4.78, 5) is 1.39. The molecule has 1 aliphatic heterocycles. The molecule has 1 aromatic heterocycles. The molecule has 2 rings (SSSR count). The molecule has 1 aromatic rings. The summed E-state index contributed by atoms with van der Waals surface area (Å²) in [6, 6.07) is 2.18. The van der Waals surface area contributed by atoms with Crippen LogP contribution in [0.3, 0.4) is 0 Å². The quantitative estimate of drug-likeness (QED) is 0.811. The number of nitrogens with one attached hydrogen (secondary N) is 1. The molecule has 0 radical (unpaired) electrons. The minimum Gasteiger partial charge on any atom is -0.378 e. The summed E-state index contributed by atoms with van der Waals surface area (Å²) >= 11 is 5.26. The van der Waals surface area contributed by atoms with E-state index in [1.807, 2.05) is 0 Å². The second-order valence-electron chi connectivity index (χ2n) is 4.19. The molecule has 2 nitrogen and oxygen atoms in total. The Hall–Kier alpha value is 0.1000. The van der Waals surface area contributed by atoms with Gasteiger partial charge in [0.15, 0.2) is 0 Å². The van der Waals surface area contributed by atoms with E-state index in [4.69, 9.17) is 4.74 Å². The van der Waals surface area contributed by atoms with E-state index >= 15 is 0 Å². The largest absolute Gasteiger partial charge is 0.378 e. The SMILES string of the molecule is Brc1csc(CNCCCC2CCCO2)c1. The Bertz CT molecular complexity index is 310. The third-order valence-electron chi connectivity index (χ3n) is 2.82. The van der Waals surface area contributed by atoms with Gasteiger partial charge in [0.05, 0.1) is 6.10 Å². The molecule has 90 valence electrons. The summed E-state index contributed by atoms with van der Waals surface area (Å²) in [6.07, 6.45) is 5.48. The maximum atomic E-state index is 5.59. The van der Waals surface area contributed by atoms with Gasteiger partial charge in [-0.2, -0.15) is 0 Å². The lowest BCUT2D eigenvalue weighted by atomic mass is 10.1. The van der Waals surface area contributed by atoms with E-state index < -0.39 is 0 Å². The summed E-state index contributed by atoms with van der Waals surface area (Å²) < 4.78 is 6.78. The highest BCUT2D eigenvalue weighted by molar-refractivity contribution is 9.10. The Morgan fingerprint density at radius 2 is 2.50 bits per heavy atom. The van der Waals surface area contributed by atoms with Crippen molar-refractivity contribution in [2.75, 3.05) is 13.2 Å². The first-order valence-corrected chi connectivity index (χ1v) is 7.57. The monoisotopic (exact) mass is 303 g/mol. The van der Waals surface area contributed by atoms with E-state index in [0.29, 0.717) is 6.10 Å². The highest BCUT2D eigenvalue weighted by Crippen LogP contribution is 2.19. The van der Waals surface area contributed by atoms with E-state index in [9.17, 15) is 0 Å². The fourth-order valence-electron chi connectivity index (χ4n) is 1.98. The van der Waals surface area contributed by atoms with Gasteiger partial charge in [0.2, 0.25) is 0 Å². The molecular weight excluding hydrogens is 286 g/mol. The summed E-state index contributed by atoms with van der Waals surface area (Å²) in [5.74, 6) is 0. The molecule has 0 aromatic carbocycles. The minimum atomic E-state index is 0.540. The Labute approximate surface area is 110 Å². The van der Waals surface area contributed by atoms with Gasteiger partial charge in [0.25, 0.3) is 0 Å². The zero-order valence-electron chi connectivity index (χ0n) is 9.38. The van der Waals surface area contributed by atoms with Crippen molar-refractivity contribution in [1.82, 2.24) is 5.32 Å². The Morgan fingerprint density at radius 3 is 3.19 bits per heavy atom. The molecular formula is C12H18BrNOS. The first kappa shape index (κ1) is 12.6. The van der Waals surface area contributed by atoms with Crippen LogP contribution in [0.2, 0.25) is 0 Å². The smallest absolute Gasteiger partial charge is 0.0576 e. The van der Waals surface area contributed by atoms with Crippen LogP contribution >= 0.6 is 27.3 Å². The Kier molecular flexibility index (Phi) is 5.29. The number of rotatable bonds is 6. The molecule has 1 N–H and O–H groups in total. The lowest BCUT2D eigenvalue weighted by molar-refractivity contribution is 0.102. The second-order valence-corrected chi connectivity index (χ2v) is 6.10. The molecule has 1 unspecified atom stereocenters. The number of ether oxygens (including phenoxy) is 1. The zero-order chi connectivity index (χ0) is 11.2. The Balaban J connectivity index is 1.51. The average Bonchev–Trinajstić information content (AvgIpc) is 2.89. The van der Waals surface area contributed by atoms with E-state index in [-0.39, 0.29) is 0 Å². The predicted octanol–water partition coefficient (Wildman–Crippen LogP) is 3.56. The van der Waals surface area contributed by atoms with Crippen molar-refractivity contribution in [1.29, 1.82) is 0 Å². The highest BCUT2D eigenvalue weighted by atomic mass is 79.9. The van der Waals surface area contributed by atoms with Crippen molar-refractivity contribution in [3.05, 3.63) is 20.8 Å². The molecule has 0 saturated carbocycles. The molecule has 0 aliphatic carbocycles.